The zero-order valence-corrected chi connectivity index (χ0v) is 13.7. The quantitative estimate of drug-likeness (QED) is 0.727. The van der Waals surface area contributed by atoms with E-state index in [1.54, 1.807) is 6.07 Å². The van der Waals surface area contributed by atoms with Gasteiger partial charge < -0.3 is 4.90 Å². The molecule has 19 heavy (non-hydrogen) atoms. The lowest BCUT2D eigenvalue weighted by Crippen LogP contribution is -2.44. The van der Waals surface area contributed by atoms with E-state index in [0.29, 0.717) is 15.4 Å². The standard InChI is InChI=1S/C15H19BrClNO/c1-10-7-11(9-12(17)8-10)15(19)18(2)14-6-4-3-5-13(14)16/h7-9,13-14H,3-6H2,1-2H3. The molecule has 2 nitrogen and oxygen atoms in total. The molecule has 0 N–H and O–H groups in total. The maximum atomic E-state index is 12.5. The summed E-state index contributed by atoms with van der Waals surface area (Å²) in [6.45, 7) is 1.95. The molecule has 1 amide bonds. The SMILES string of the molecule is Cc1cc(Cl)cc(C(=O)N(C)C2CCCCC2Br)c1. The Labute approximate surface area is 128 Å². The number of rotatable bonds is 2. The topological polar surface area (TPSA) is 20.3 Å². The van der Waals surface area contributed by atoms with Crippen molar-refractivity contribution in [2.45, 2.75) is 43.5 Å². The van der Waals surface area contributed by atoms with Crippen LogP contribution < -0.4 is 0 Å². The maximum absolute atomic E-state index is 12.5. The summed E-state index contributed by atoms with van der Waals surface area (Å²) in [6, 6.07) is 5.79. The Morgan fingerprint density at radius 3 is 2.63 bits per heavy atom. The molecular weight excluding hydrogens is 326 g/mol. The summed E-state index contributed by atoms with van der Waals surface area (Å²) in [6.07, 6.45) is 4.64. The van der Waals surface area contributed by atoms with Crippen molar-refractivity contribution in [2.24, 2.45) is 0 Å². The fourth-order valence-corrected chi connectivity index (χ4v) is 3.95. The first-order valence-electron chi connectivity index (χ1n) is 6.67. The van der Waals surface area contributed by atoms with Crippen molar-refractivity contribution < 1.29 is 4.79 Å². The summed E-state index contributed by atoms with van der Waals surface area (Å²) in [5.41, 5.74) is 1.70. The Kier molecular flexibility index (Phi) is 4.91. The Morgan fingerprint density at radius 2 is 2.00 bits per heavy atom. The Bertz CT molecular complexity index is 457. The van der Waals surface area contributed by atoms with Crippen molar-refractivity contribution in [2.75, 3.05) is 7.05 Å². The highest BCUT2D eigenvalue weighted by molar-refractivity contribution is 9.09. The van der Waals surface area contributed by atoms with Gasteiger partial charge in [0.05, 0.1) is 0 Å². The summed E-state index contributed by atoms with van der Waals surface area (Å²) in [5.74, 6) is 0.0574. The summed E-state index contributed by atoms with van der Waals surface area (Å²) < 4.78 is 0. The second-order valence-electron chi connectivity index (χ2n) is 5.30. The molecule has 1 aromatic carbocycles. The van der Waals surface area contributed by atoms with E-state index in [2.05, 4.69) is 15.9 Å². The highest BCUT2D eigenvalue weighted by Crippen LogP contribution is 2.29. The highest BCUT2D eigenvalue weighted by atomic mass is 79.9. The minimum Gasteiger partial charge on any atom is -0.338 e. The van der Waals surface area contributed by atoms with Crippen molar-refractivity contribution >= 4 is 33.4 Å². The lowest BCUT2D eigenvalue weighted by Gasteiger charge is -2.35. The molecule has 0 aliphatic heterocycles. The number of alkyl halides is 1. The number of nitrogens with zero attached hydrogens (tertiary/aromatic N) is 1. The molecule has 1 aromatic rings. The van der Waals surface area contributed by atoms with Crippen LogP contribution in [0.2, 0.25) is 5.02 Å². The number of hydrogen-bond acceptors (Lipinski definition) is 1. The van der Waals surface area contributed by atoms with Crippen LogP contribution in [0, 0.1) is 6.92 Å². The third kappa shape index (κ3) is 3.51. The number of hydrogen-bond donors (Lipinski definition) is 0. The van der Waals surface area contributed by atoms with E-state index in [1.807, 2.05) is 31.0 Å². The van der Waals surface area contributed by atoms with Crippen molar-refractivity contribution in [3.8, 4) is 0 Å². The van der Waals surface area contributed by atoms with Crippen LogP contribution in [-0.4, -0.2) is 28.7 Å². The molecule has 2 atom stereocenters. The Balaban J connectivity index is 2.18. The summed E-state index contributed by atoms with van der Waals surface area (Å²) in [4.78, 5) is 14.8. The highest BCUT2D eigenvalue weighted by Gasteiger charge is 2.29. The molecule has 0 bridgehead atoms. The van der Waals surface area contributed by atoms with Crippen molar-refractivity contribution in [3.05, 3.63) is 34.3 Å². The maximum Gasteiger partial charge on any atom is 0.253 e. The zero-order valence-electron chi connectivity index (χ0n) is 11.3. The van der Waals surface area contributed by atoms with Gasteiger partial charge >= 0.3 is 0 Å². The minimum atomic E-state index is 0.0574. The van der Waals surface area contributed by atoms with Gasteiger partial charge in [0.2, 0.25) is 0 Å². The molecule has 1 aliphatic rings. The zero-order chi connectivity index (χ0) is 14.0. The molecule has 0 saturated heterocycles. The van der Waals surface area contributed by atoms with Crippen LogP contribution in [0.25, 0.3) is 0 Å². The molecule has 104 valence electrons. The molecule has 2 rings (SSSR count). The van der Waals surface area contributed by atoms with Crippen LogP contribution in [0.3, 0.4) is 0 Å². The average Bonchev–Trinajstić information content (AvgIpc) is 2.36. The Hall–Kier alpha value is -0.540. The third-order valence-electron chi connectivity index (χ3n) is 3.75. The van der Waals surface area contributed by atoms with Gasteiger partial charge in [0.15, 0.2) is 0 Å². The van der Waals surface area contributed by atoms with Crippen LogP contribution in [0.5, 0.6) is 0 Å². The number of benzene rings is 1. The van der Waals surface area contributed by atoms with E-state index >= 15 is 0 Å². The van der Waals surface area contributed by atoms with Gasteiger partial charge in [-0.2, -0.15) is 0 Å². The molecule has 1 fully saturated rings. The molecule has 2 unspecified atom stereocenters. The van der Waals surface area contributed by atoms with Gasteiger partial charge in [0.25, 0.3) is 5.91 Å². The number of carbonyl (C=O) groups is 1. The molecule has 0 spiro atoms. The predicted octanol–water partition coefficient (Wildman–Crippen LogP) is 4.43. The molecule has 0 radical (unpaired) electrons. The lowest BCUT2D eigenvalue weighted by atomic mass is 9.94. The average molecular weight is 345 g/mol. The first-order valence-corrected chi connectivity index (χ1v) is 7.97. The fourth-order valence-electron chi connectivity index (χ4n) is 2.72. The van der Waals surface area contributed by atoms with E-state index in [0.717, 1.165) is 18.4 Å². The van der Waals surface area contributed by atoms with Crippen LogP contribution in [0.15, 0.2) is 18.2 Å². The number of carbonyl (C=O) groups excluding carboxylic acids is 1. The number of amides is 1. The number of aryl methyl sites for hydroxylation is 1. The van der Waals surface area contributed by atoms with Crippen LogP contribution in [0.1, 0.15) is 41.6 Å². The van der Waals surface area contributed by atoms with Gasteiger partial charge in [-0.3, -0.25) is 4.79 Å². The molecule has 4 heteroatoms. The fraction of sp³-hybridized carbons (Fsp3) is 0.533. The van der Waals surface area contributed by atoms with Gasteiger partial charge in [-0.1, -0.05) is 40.4 Å². The summed E-state index contributed by atoms with van der Waals surface area (Å²) in [7, 11) is 1.89. The first-order chi connectivity index (χ1) is 8.99. The molecule has 1 aliphatic carbocycles. The van der Waals surface area contributed by atoms with Crippen molar-refractivity contribution in [3.63, 3.8) is 0 Å². The van der Waals surface area contributed by atoms with Crippen molar-refractivity contribution in [1.29, 1.82) is 0 Å². The normalized spacial score (nSPS) is 23.2. The van der Waals surface area contributed by atoms with Gasteiger partial charge in [-0.25, -0.2) is 0 Å². The summed E-state index contributed by atoms with van der Waals surface area (Å²) >= 11 is 9.74. The van der Waals surface area contributed by atoms with Gasteiger partial charge in [0.1, 0.15) is 0 Å². The third-order valence-corrected chi connectivity index (χ3v) is 5.04. The smallest absolute Gasteiger partial charge is 0.253 e. The van der Waals surface area contributed by atoms with Gasteiger partial charge in [-0.15, -0.1) is 0 Å². The second-order valence-corrected chi connectivity index (χ2v) is 6.91. The Morgan fingerprint density at radius 1 is 1.32 bits per heavy atom. The van der Waals surface area contributed by atoms with Crippen LogP contribution in [-0.2, 0) is 0 Å². The van der Waals surface area contributed by atoms with E-state index in [9.17, 15) is 4.79 Å². The lowest BCUT2D eigenvalue weighted by molar-refractivity contribution is 0.0704. The largest absolute Gasteiger partial charge is 0.338 e. The monoisotopic (exact) mass is 343 g/mol. The predicted molar refractivity (Wildman–Crippen MR) is 83.3 cm³/mol. The van der Waals surface area contributed by atoms with Crippen LogP contribution in [0.4, 0.5) is 0 Å². The van der Waals surface area contributed by atoms with Gasteiger partial charge in [-0.05, 0) is 43.5 Å². The second kappa shape index (κ2) is 6.27. The minimum absolute atomic E-state index is 0.0574. The molecule has 1 saturated carbocycles. The van der Waals surface area contributed by atoms with E-state index in [-0.39, 0.29) is 11.9 Å². The van der Waals surface area contributed by atoms with E-state index in [1.165, 1.54) is 12.8 Å². The first kappa shape index (κ1) is 14.9. The van der Waals surface area contributed by atoms with Crippen molar-refractivity contribution in [1.82, 2.24) is 4.90 Å². The van der Waals surface area contributed by atoms with E-state index in [4.69, 9.17) is 11.6 Å². The molecular formula is C15H19BrClNO. The molecule has 0 heterocycles. The van der Waals surface area contributed by atoms with Crippen LogP contribution >= 0.6 is 27.5 Å². The van der Waals surface area contributed by atoms with Gasteiger partial charge in [0, 0.05) is 28.5 Å². The number of halogens is 2. The summed E-state index contributed by atoms with van der Waals surface area (Å²) in [5, 5.41) is 0.621. The molecule has 0 aromatic heterocycles. The van der Waals surface area contributed by atoms with E-state index < -0.39 is 0 Å².